The Bertz CT molecular complexity index is 3160. The number of aliphatic hydroxyl groups excluding tert-OH is 1. The Hall–Kier alpha value is -6.77. The van der Waals surface area contributed by atoms with Gasteiger partial charge in [0.2, 0.25) is 0 Å². The Morgan fingerprint density at radius 1 is 0.753 bits per heavy atom. The summed E-state index contributed by atoms with van der Waals surface area (Å²) in [5.41, 5.74) is 4.88. The molecule has 1 aliphatic heterocycles. The minimum atomic E-state index is -1.78. The van der Waals surface area contributed by atoms with Crippen molar-refractivity contribution in [1.82, 2.24) is 29.1 Å². The van der Waals surface area contributed by atoms with Gasteiger partial charge in [0.1, 0.15) is 47.5 Å². The fourth-order valence-electron chi connectivity index (χ4n) is 10.4. The van der Waals surface area contributed by atoms with Gasteiger partial charge < -0.3 is 33.3 Å². The highest BCUT2D eigenvalue weighted by Crippen LogP contribution is 2.53. The lowest BCUT2D eigenvalue weighted by atomic mass is 9.64. The monoisotopic (exact) mass is 995 g/mol. The van der Waals surface area contributed by atoms with Crippen LogP contribution < -0.4 is 9.47 Å². The van der Waals surface area contributed by atoms with Crippen molar-refractivity contribution in [2.75, 3.05) is 34.9 Å². The molecule has 0 aliphatic carbocycles. The largest absolute Gasteiger partial charge is 0.497 e. The van der Waals surface area contributed by atoms with Crippen LogP contribution in [0, 0.1) is 23.2 Å². The molecule has 2 unspecified atom stereocenters. The van der Waals surface area contributed by atoms with E-state index < -0.39 is 38.5 Å². The quantitative estimate of drug-likeness (QED) is 0.0288. The smallest absolute Gasteiger partial charge is 0.259 e. The molecule has 0 bridgehead atoms. The second-order valence-corrected chi connectivity index (χ2v) is 20.4. The second-order valence-electron chi connectivity index (χ2n) is 19.0. The first-order chi connectivity index (χ1) is 35.5. The third-order valence-electron chi connectivity index (χ3n) is 13.6. The minimum absolute atomic E-state index is 0.0254. The lowest BCUT2D eigenvalue weighted by Crippen LogP contribution is -2.52. The maximum atomic E-state index is 13.8. The highest BCUT2D eigenvalue weighted by molar-refractivity contribution is 7.44. The first kappa shape index (κ1) is 51.1. The number of imidazole rings is 1. The fourth-order valence-corrected chi connectivity index (χ4v) is 12.2. The molecular formula is C59H62N7O6P. The molecular weight excluding hydrogens is 934 g/mol. The molecule has 73 heavy (non-hydrogen) atoms. The number of fused-ring (bicyclic) bond motifs is 3. The summed E-state index contributed by atoms with van der Waals surface area (Å²) in [7, 11) is 5.67. The summed E-state index contributed by atoms with van der Waals surface area (Å²) in [5, 5.41) is 27.8. The number of nitriles is 1. The number of hydrogen-bond acceptors (Lipinski definition) is 12. The number of rotatable bonds is 18. The molecule has 14 heteroatoms. The Labute approximate surface area is 429 Å². The lowest BCUT2D eigenvalue weighted by Gasteiger charge is -2.44. The molecule has 5 atom stereocenters. The molecule has 374 valence electrons. The van der Waals surface area contributed by atoms with Crippen LogP contribution >= 0.6 is 8.53 Å². The van der Waals surface area contributed by atoms with Gasteiger partial charge in [-0.25, -0.2) is 19.6 Å². The molecule has 0 radical (unpaired) electrons. The van der Waals surface area contributed by atoms with Gasteiger partial charge in [-0.1, -0.05) is 109 Å². The van der Waals surface area contributed by atoms with Gasteiger partial charge in [0, 0.05) is 30.6 Å². The Kier molecular flexibility index (Phi) is 15.8. The zero-order chi connectivity index (χ0) is 51.2. The number of ether oxygens (including phenoxy) is 3. The van der Waals surface area contributed by atoms with E-state index in [-0.39, 0.29) is 31.5 Å². The maximum Gasteiger partial charge on any atom is 0.259 e. The Morgan fingerprint density at radius 3 is 1.86 bits per heavy atom. The van der Waals surface area contributed by atoms with Crippen LogP contribution in [0.4, 0.5) is 0 Å². The summed E-state index contributed by atoms with van der Waals surface area (Å²) >= 11 is 0. The average Bonchev–Trinajstić information content (AvgIpc) is 4.04. The Morgan fingerprint density at radius 2 is 1.32 bits per heavy atom. The molecule has 9 rings (SSSR count). The van der Waals surface area contributed by atoms with E-state index in [9.17, 15) is 10.4 Å². The molecule has 1 fully saturated rings. The van der Waals surface area contributed by atoms with Gasteiger partial charge in [-0.15, -0.1) is 0 Å². The molecule has 13 nitrogen and oxygen atoms in total. The SMILES string of the molecule is COc1ccc(C(c2ccccc2)(c2ccc(OC)cc2)C(O)[C@H]2O[C@@H](n3cnc4c(C#Cc5c6ccccc6c(CN(C)C)c6ccccc56)ncnc43)C[C@@H]2OP(OCCC#N)N(C(C)C)C(C)C)cc1. The van der Waals surface area contributed by atoms with Crippen molar-refractivity contribution >= 4 is 41.2 Å². The van der Waals surface area contributed by atoms with E-state index in [1.807, 2.05) is 83.4 Å². The Balaban J connectivity index is 1.18. The number of aliphatic hydroxyl groups is 1. The van der Waals surface area contributed by atoms with Crippen molar-refractivity contribution in [2.45, 2.75) is 89.1 Å². The molecule has 1 saturated heterocycles. The van der Waals surface area contributed by atoms with Crippen LogP contribution in [0.25, 0.3) is 32.7 Å². The van der Waals surface area contributed by atoms with E-state index in [0.717, 1.165) is 50.3 Å². The lowest BCUT2D eigenvalue weighted by molar-refractivity contribution is -0.0936. The molecule has 2 aromatic heterocycles. The van der Waals surface area contributed by atoms with Gasteiger partial charge in [0.05, 0.1) is 51.2 Å². The first-order valence-electron chi connectivity index (χ1n) is 24.7. The molecule has 3 heterocycles. The number of hydrogen-bond donors (Lipinski definition) is 1. The highest BCUT2D eigenvalue weighted by atomic mass is 31.2. The van der Waals surface area contributed by atoms with Crippen molar-refractivity contribution in [3.63, 3.8) is 0 Å². The molecule has 8 aromatic rings. The van der Waals surface area contributed by atoms with Crippen LogP contribution in [0.5, 0.6) is 11.5 Å². The minimum Gasteiger partial charge on any atom is -0.497 e. The van der Waals surface area contributed by atoms with Crippen LogP contribution in [0.3, 0.4) is 0 Å². The summed E-state index contributed by atoms with van der Waals surface area (Å²) in [6.45, 7) is 9.36. The van der Waals surface area contributed by atoms with Gasteiger partial charge in [-0.05, 0) is 116 Å². The van der Waals surface area contributed by atoms with Gasteiger partial charge in [-0.3, -0.25) is 4.57 Å². The third-order valence-corrected chi connectivity index (χ3v) is 15.7. The fraction of sp³-hybridized carbons (Fsp3) is 0.322. The topological polar surface area (TPSA) is 140 Å². The number of benzene rings is 6. The summed E-state index contributed by atoms with van der Waals surface area (Å²) in [5.74, 6) is 8.30. The summed E-state index contributed by atoms with van der Waals surface area (Å²) in [6, 6.07) is 44.7. The molecule has 1 aliphatic rings. The van der Waals surface area contributed by atoms with Gasteiger partial charge in [0.15, 0.2) is 5.65 Å². The van der Waals surface area contributed by atoms with Crippen molar-refractivity contribution in [2.24, 2.45) is 0 Å². The zero-order valence-electron chi connectivity index (χ0n) is 42.6. The van der Waals surface area contributed by atoms with Crippen LogP contribution in [0.1, 0.15) is 80.3 Å². The second kappa shape index (κ2) is 22.6. The van der Waals surface area contributed by atoms with E-state index in [1.165, 1.54) is 11.9 Å². The van der Waals surface area contributed by atoms with Crippen LogP contribution in [0.15, 0.2) is 140 Å². The molecule has 1 N–H and O–H groups in total. The number of methoxy groups -OCH3 is 2. The van der Waals surface area contributed by atoms with Gasteiger partial charge in [-0.2, -0.15) is 5.26 Å². The van der Waals surface area contributed by atoms with Crippen molar-refractivity contribution < 1.29 is 28.4 Å². The standard InChI is InChI=1S/C59H62N7O6P/c1-39(2)66(40(3)4)73(70-34-16-33-60)72-53-35-54(71-56(53)57(67)59(41-17-10-9-11-18-41,42-23-27-44(68-7)28-24-42)43-25-29-45(69-8)30-26-43)65-38-63-55-52(61-37-62-58(55)65)32-31-50-46-19-12-14-21-48(46)51(36-64(5)6)49-22-15-13-20-47(49)50/h9-15,17-30,37-40,53-54,56-57,67H,16,34-36H2,1-8H3/t53-,54+,56-,57?,73?/m0/s1. The van der Waals surface area contributed by atoms with Gasteiger partial charge >= 0.3 is 0 Å². The summed E-state index contributed by atoms with van der Waals surface area (Å²) < 4.78 is 36.4. The van der Waals surface area contributed by atoms with E-state index in [1.54, 1.807) is 20.5 Å². The molecule has 6 aromatic carbocycles. The van der Waals surface area contributed by atoms with Crippen LogP contribution in [-0.4, -0.2) is 99.5 Å². The van der Waals surface area contributed by atoms with Crippen molar-refractivity contribution in [3.8, 4) is 29.4 Å². The van der Waals surface area contributed by atoms with E-state index in [0.29, 0.717) is 28.4 Å². The van der Waals surface area contributed by atoms with Crippen LogP contribution in [-0.2, 0) is 25.7 Å². The van der Waals surface area contributed by atoms with Crippen LogP contribution in [0.2, 0.25) is 0 Å². The summed E-state index contributed by atoms with van der Waals surface area (Å²) in [6.07, 6.45) is -0.0298. The van der Waals surface area contributed by atoms with E-state index in [2.05, 4.69) is 123 Å². The molecule has 0 saturated carbocycles. The average molecular weight is 996 g/mol. The zero-order valence-corrected chi connectivity index (χ0v) is 43.5. The summed E-state index contributed by atoms with van der Waals surface area (Å²) in [4.78, 5) is 16.6. The first-order valence-corrected chi connectivity index (χ1v) is 25.8. The molecule has 0 amide bonds. The van der Waals surface area contributed by atoms with E-state index in [4.69, 9.17) is 33.2 Å². The van der Waals surface area contributed by atoms with Crippen molar-refractivity contribution in [1.29, 1.82) is 5.26 Å². The predicted octanol–water partition coefficient (Wildman–Crippen LogP) is 11.0. The van der Waals surface area contributed by atoms with E-state index >= 15 is 0 Å². The normalized spacial score (nSPS) is 16.8. The number of nitrogens with zero attached hydrogens (tertiary/aromatic N) is 7. The third kappa shape index (κ3) is 10.2. The maximum absolute atomic E-state index is 13.8. The highest BCUT2D eigenvalue weighted by Gasteiger charge is 2.54. The molecule has 0 spiro atoms. The predicted molar refractivity (Wildman–Crippen MR) is 287 cm³/mol. The van der Waals surface area contributed by atoms with Crippen molar-refractivity contribution in [3.05, 3.63) is 174 Å². The van der Waals surface area contributed by atoms with Gasteiger partial charge in [0.25, 0.3) is 8.53 Å². The number of aromatic nitrogens is 4.